The van der Waals surface area contributed by atoms with Crippen LogP contribution in [0.5, 0.6) is 0 Å². The molecule has 1 aromatic rings. The molecule has 0 saturated carbocycles. The van der Waals surface area contributed by atoms with Gasteiger partial charge in [0.1, 0.15) is 0 Å². The second-order valence-electron chi connectivity index (χ2n) is 4.54. The van der Waals surface area contributed by atoms with Crippen LogP contribution in [-0.2, 0) is 11.2 Å². The first-order valence-corrected chi connectivity index (χ1v) is 6.24. The molecule has 0 radical (unpaired) electrons. The van der Waals surface area contributed by atoms with Crippen molar-refractivity contribution >= 4 is 11.6 Å². The Morgan fingerprint density at radius 1 is 1.56 bits per heavy atom. The molecule has 0 aliphatic carbocycles. The molecule has 1 rings (SSSR count). The Kier molecular flexibility index (Phi) is 5.64. The Balaban J connectivity index is 2.34. The third kappa shape index (κ3) is 4.03. The quantitative estimate of drug-likeness (QED) is 0.632. The van der Waals surface area contributed by atoms with Gasteiger partial charge < -0.3 is 15.8 Å². The number of anilines is 1. The average Bonchev–Trinajstić information content (AvgIpc) is 2.69. The number of aromatic nitrogens is 2. The minimum absolute atomic E-state index is 0.260. The summed E-state index contributed by atoms with van der Waals surface area (Å²) in [6.07, 6.45) is 0.726. The van der Waals surface area contributed by atoms with Gasteiger partial charge >= 0.3 is 0 Å². The largest absolute Gasteiger partial charge is 0.395 e. The first-order chi connectivity index (χ1) is 8.56. The summed E-state index contributed by atoms with van der Waals surface area (Å²) >= 11 is 0. The summed E-state index contributed by atoms with van der Waals surface area (Å²) in [6, 6.07) is 0. The molecular weight excluding hydrogens is 232 g/mol. The number of aromatic amines is 1. The number of rotatable bonds is 7. The van der Waals surface area contributed by atoms with Crippen molar-refractivity contribution in [3.63, 3.8) is 0 Å². The monoisotopic (exact) mass is 254 g/mol. The molecule has 1 aromatic heterocycles. The number of aryl methyl sites for hydroxylation is 1. The van der Waals surface area contributed by atoms with Crippen molar-refractivity contribution in [1.82, 2.24) is 15.5 Å². The fraction of sp³-hybridized carbons (Fsp3) is 0.667. The van der Waals surface area contributed by atoms with Crippen LogP contribution in [0.25, 0.3) is 0 Å². The molecule has 1 amide bonds. The Labute approximate surface area is 107 Å². The smallest absolute Gasteiger partial charge is 0.274 e. The SMILES string of the molecule is CCc1[nH]nc(C(=O)NCCOCC(C)C)c1N. The van der Waals surface area contributed by atoms with Crippen molar-refractivity contribution in [2.75, 3.05) is 25.5 Å². The predicted molar refractivity (Wildman–Crippen MR) is 70.4 cm³/mol. The Morgan fingerprint density at radius 2 is 2.28 bits per heavy atom. The van der Waals surface area contributed by atoms with Crippen molar-refractivity contribution in [2.24, 2.45) is 5.92 Å². The third-order valence-electron chi connectivity index (χ3n) is 2.43. The van der Waals surface area contributed by atoms with Gasteiger partial charge in [0.2, 0.25) is 0 Å². The van der Waals surface area contributed by atoms with E-state index in [0.29, 0.717) is 31.4 Å². The van der Waals surface area contributed by atoms with Gasteiger partial charge in [0.15, 0.2) is 5.69 Å². The number of hydrogen-bond donors (Lipinski definition) is 3. The van der Waals surface area contributed by atoms with Crippen molar-refractivity contribution in [3.8, 4) is 0 Å². The zero-order valence-corrected chi connectivity index (χ0v) is 11.2. The van der Waals surface area contributed by atoms with Crippen molar-refractivity contribution in [2.45, 2.75) is 27.2 Å². The van der Waals surface area contributed by atoms with Crippen LogP contribution in [0.2, 0.25) is 0 Å². The van der Waals surface area contributed by atoms with Gasteiger partial charge in [-0.2, -0.15) is 5.10 Å². The molecule has 0 bridgehead atoms. The van der Waals surface area contributed by atoms with Crippen molar-refractivity contribution in [1.29, 1.82) is 0 Å². The molecule has 0 aliphatic heterocycles. The van der Waals surface area contributed by atoms with Gasteiger partial charge in [-0.25, -0.2) is 0 Å². The normalized spacial score (nSPS) is 10.9. The average molecular weight is 254 g/mol. The number of H-pyrrole nitrogens is 1. The van der Waals surface area contributed by atoms with E-state index in [-0.39, 0.29) is 11.6 Å². The number of carbonyl (C=O) groups excluding carboxylic acids is 1. The lowest BCUT2D eigenvalue weighted by molar-refractivity contribution is 0.0883. The van der Waals surface area contributed by atoms with Gasteiger partial charge in [0.25, 0.3) is 5.91 Å². The van der Waals surface area contributed by atoms with Crippen LogP contribution in [0, 0.1) is 5.92 Å². The summed E-state index contributed by atoms with van der Waals surface area (Å²) in [6.45, 7) is 7.75. The molecule has 6 heteroatoms. The van der Waals surface area contributed by atoms with E-state index < -0.39 is 0 Å². The van der Waals surface area contributed by atoms with Gasteiger partial charge in [-0.3, -0.25) is 9.89 Å². The van der Waals surface area contributed by atoms with Gasteiger partial charge in [-0.1, -0.05) is 20.8 Å². The number of hydrogen-bond acceptors (Lipinski definition) is 4. The van der Waals surface area contributed by atoms with Crippen LogP contribution >= 0.6 is 0 Å². The molecule has 0 fully saturated rings. The van der Waals surface area contributed by atoms with Gasteiger partial charge in [-0.05, 0) is 12.3 Å². The summed E-state index contributed by atoms with van der Waals surface area (Å²) in [5, 5.41) is 9.39. The highest BCUT2D eigenvalue weighted by Crippen LogP contribution is 2.13. The van der Waals surface area contributed by atoms with E-state index in [0.717, 1.165) is 12.1 Å². The van der Waals surface area contributed by atoms with E-state index in [1.165, 1.54) is 0 Å². The highest BCUT2D eigenvalue weighted by molar-refractivity contribution is 5.97. The maximum Gasteiger partial charge on any atom is 0.274 e. The van der Waals surface area contributed by atoms with Crippen molar-refractivity contribution < 1.29 is 9.53 Å². The van der Waals surface area contributed by atoms with Crippen LogP contribution in [0.3, 0.4) is 0 Å². The lowest BCUT2D eigenvalue weighted by Crippen LogP contribution is -2.28. The summed E-state index contributed by atoms with van der Waals surface area (Å²) in [5.74, 6) is 0.228. The molecule has 0 atom stereocenters. The van der Waals surface area contributed by atoms with Crippen LogP contribution in [0.15, 0.2) is 0 Å². The number of nitrogens with two attached hydrogens (primary N) is 1. The first-order valence-electron chi connectivity index (χ1n) is 6.24. The Bertz CT molecular complexity index is 387. The van der Waals surface area contributed by atoms with Crippen LogP contribution in [0.4, 0.5) is 5.69 Å². The summed E-state index contributed by atoms with van der Waals surface area (Å²) < 4.78 is 5.36. The molecule has 1 heterocycles. The number of nitrogens with zero attached hydrogens (tertiary/aromatic N) is 1. The minimum atomic E-state index is -0.267. The van der Waals surface area contributed by atoms with E-state index >= 15 is 0 Å². The fourth-order valence-corrected chi connectivity index (χ4v) is 1.47. The number of carbonyl (C=O) groups is 1. The van der Waals surface area contributed by atoms with E-state index in [4.69, 9.17) is 10.5 Å². The van der Waals surface area contributed by atoms with E-state index in [1.54, 1.807) is 0 Å². The van der Waals surface area contributed by atoms with Crippen molar-refractivity contribution in [3.05, 3.63) is 11.4 Å². The van der Waals surface area contributed by atoms with Gasteiger partial charge in [0.05, 0.1) is 18.0 Å². The van der Waals surface area contributed by atoms with E-state index in [1.807, 2.05) is 6.92 Å². The van der Waals surface area contributed by atoms with Crippen LogP contribution in [0.1, 0.15) is 37.0 Å². The Hall–Kier alpha value is -1.56. The van der Waals surface area contributed by atoms with E-state index in [9.17, 15) is 4.79 Å². The van der Waals surface area contributed by atoms with Crippen LogP contribution in [-0.4, -0.2) is 35.9 Å². The highest BCUT2D eigenvalue weighted by atomic mass is 16.5. The summed E-state index contributed by atoms with van der Waals surface area (Å²) in [5.41, 5.74) is 7.28. The third-order valence-corrected chi connectivity index (χ3v) is 2.43. The molecule has 4 N–H and O–H groups in total. The van der Waals surface area contributed by atoms with Gasteiger partial charge in [-0.15, -0.1) is 0 Å². The summed E-state index contributed by atoms with van der Waals surface area (Å²) in [7, 11) is 0. The number of nitrogens with one attached hydrogen (secondary N) is 2. The molecule has 0 spiro atoms. The second kappa shape index (κ2) is 7.00. The zero-order chi connectivity index (χ0) is 13.5. The van der Waals surface area contributed by atoms with Crippen LogP contribution < -0.4 is 11.1 Å². The minimum Gasteiger partial charge on any atom is -0.395 e. The molecule has 102 valence electrons. The lowest BCUT2D eigenvalue weighted by Gasteiger charge is -2.07. The molecule has 6 nitrogen and oxygen atoms in total. The standard InChI is InChI=1S/C12H22N4O2/c1-4-9-10(13)11(16-15-9)12(17)14-5-6-18-7-8(2)3/h8H,4-7,13H2,1-3H3,(H,14,17)(H,15,16). The molecule has 0 aliphatic rings. The maximum atomic E-state index is 11.8. The first kappa shape index (κ1) is 14.5. The predicted octanol–water partition coefficient (Wildman–Crippen LogP) is 0.957. The zero-order valence-electron chi connectivity index (χ0n) is 11.2. The highest BCUT2D eigenvalue weighted by Gasteiger charge is 2.15. The Morgan fingerprint density at radius 3 is 2.83 bits per heavy atom. The molecule has 0 saturated heterocycles. The number of amides is 1. The number of nitrogen functional groups attached to an aromatic ring is 1. The topological polar surface area (TPSA) is 93.0 Å². The lowest BCUT2D eigenvalue weighted by atomic mass is 10.2. The molecule has 18 heavy (non-hydrogen) atoms. The fourth-order valence-electron chi connectivity index (χ4n) is 1.47. The van der Waals surface area contributed by atoms with E-state index in [2.05, 4.69) is 29.4 Å². The number of ether oxygens (including phenoxy) is 1. The maximum absolute atomic E-state index is 11.8. The molecule has 0 unspecified atom stereocenters. The summed E-state index contributed by atoms with van der Waals surface area (Å²) in [4.78, 5) is 11.8. The second-order valence-corrected chi connectivity index (χ2v) is 4.54. The molecular formula is C12H22N4O2. The molecule has 0 aromatic carbocycles. The van der Waals surface area contributed by atoms with Gasteiger partial charge in [0, 0.05) is 13.2 Å².